The molecule has 11 aromatic rings. The zero-order chi connectivity index (χ0) is 61.4. The molecule has 88 heavy (non-hydrogen) atoms. The van der Waals surface area contributed by atoms with Crippen molar-refractivity contribution in [2.45, 2.75) is 106 Å². The molecule has 4 aliphatic carbocycles. The molecule has 0 saturated carbocycles. The summed E-state index contributed by atoms with van der Waals surface area (Å²) in [5, 5.41) is 5.16. The maximum Gasteiger partial charge on any atom is 0.0543 e. The van der Waals surface area contributed by atoms with E-state index >= 15 is 0 Å². The number of hydrogen-bond acceptors (Lipinski definition) is 2. The van der Waals surface area contributed by atoms with Crippen molar-refractivity contribution < 1.29 is 0 Å². The summed E-state index contributed by atoms with van der Waals surface area (Å²) in [4.78, 5) is 4.99. The quantitative estimate of drug-likeness (QED) is 0.164. The van der Waals surface area contributed by atoms with Gasteiger partial charge in [-0.3, -0.25) is 0 Å². The predicted octanol–water partition coefficient (Wildman–Crippen LogP) is 24.3. The Balaban J connectivity index is 0.000000232. The molecule has 0 N–H and O–H groups in total. The first-order chi connectivity index (χ1) is 42.7. The van der Waals surface area contributed by atoms with Crippen LogP contribution in [0.1, 0.15) is 110 Å². The zero-order valence-electron chi connectivity index (χ0n) is 53.3. The van der Waals surface area contributed by atoms with Crippen molar-refractivity contribution in [2.24, 2.45) is 0 Å². The molecule has 0 unspecified atom stereocenters. The topological polar surface area (TPSA) is 6.48 Å². The van der Waals surface area contributed by atoms with E-state index in [1.165, 1.54) is 135 Å². The highest BCUT2D eigenvalue weighted by molar-refractivity contribution is 6.13. The van der Waals surface area contributed by atoms with Crippen molar-refractivity contribution in [3.63, 3.8) is 0 Å². The third kappa shape index (κ3) is 12.7. The van der Waals surface area contributed by atoms with Gasteiger partial charge in [-0.25, -0.2) is 0 Å². The van der Waals surface area contributed by atoms with E-state index < -0.39 is 0 Å². The molecule has 438 valence electrons. The summed E-state index contributed by atoms with van der Waals surface area (Å²) >= 11 is 0. The van der Waals surface area contributed by atoms with Crippen LogP contribution in [0.15, 0.2) is 290 Å². The molecule has 15 rings (SSSR count). The minimum absolute atomic E-state index is 0.259. The van der Waals surface area contributed by atoms with E-state index in [1.807, 2.05) is 54.6 Å². The summed E-state index contributed by atoms with van der Waals surface area (Å²) in [5.41, 5.74) is 25.9. The molecule has 0 fully saturated rings. The van der Waals surface area contributed by atoms with Gasteiger partial charge in [0.15, 0.2) is 0 Å². The van der Waals surface area contributed by atoms with E-state index in [9.17, 15) is 0 Å². The highest BCUT2D eigenvalue weighted by atomic mass is 15.2. The van der Waals surface area contributed by atoms with Crippen LogP contribution >= 0.6 is 0 Å². The highest BCUT2D eigenvalue weighted by Gasteiger charge is 2.47. The van der Waals surface area contributed by atoms with Gasteiger partial charge in [0.05, 0.1) is 11.4 Å². The Bertz CT molecular complexity index is 4240. The number of rotatable bonds is 6. The lowest BCUT2D eigenvalue weighted by atomic mass is 9.72. The summed E-state index contributed by atoms with van der Waals surface area (Å²) in [6.45, 7) is 22.6. The Morgan fingerprint density at radius 2 is 0.716 bits per heavy atom. The van der Waals surface area contributed by atoms with Crippen molar-refractivity contribution in [3.05, 3.63) is 340 Å². The summed E-state index contributed by atoms with van der Waals surface area (Å²) in [6, 6.07) is 87.9. The van der Waals surface area contributed by atoms with Crippen LogP contribution in [0.5, 0.6) is 0 Å². The molecule has 0 radical (unpaired) electrons. The van der Waals surface area contributed by atoms with Crippen LogP contribution in [0.4, 0.5) is 28.4 Å². The van der Waals surface area contributed by atoms with E-state index in [2.05, 4.69) is 304 Å². The molecule has 0 aromatic heterocycles. The summed E-state index contributed by atoms with van der Waals surface area (Å²) < 4.78 is 0. The van der Waals surface area contributed by atoms with Crippen molar-refractivity contribution in [3.8, 4) is 22.3 Å². The normalized spacial score (nSPS) is 14.1. The second kappa shape index (κ2) is 26.6. The predicted molar refractivity (Wildman–Crippen MR) is 381 cm³/mol. The van der Waals surface area contributed by atoms with E-state index in [4.69, 9.17) is 0 Å². The number of benzene rings is 11. The van der Waals surface area contributed by atoms with Gasteiger partial charge < -0.3 is 9.80 Å². The Labute approximate surface area is 525 Å². The second-order valence-electron chi connectivity index (χ2n) is 25.1. The van der Waals surface area contributed by atoms with Gasteiger partial charge in [-0.2, -0.15) is 0 Å². The number of allylic oxidation sites excluding steroid dienone is 8. The molecule has 0 amide bonds. The van der Waals surface area contributed by atoms with Crippen LogP contribution in [0.2, 0.25) is 0 Å². The standard InChI is InChI=1S/C58H50N2.C7H10.3C7H8/c1-37-25-29-41(30-26-37)59(39-17-9-7-10-18-39)51-35-49-53(45-23-15-13-21-43(45)51)47-33-34-48-54-46-24-16-14-22-44(46)52(36-50(54)58(5,6)56(48)55(47)57(49,3)4)60(40-19-11-8-12-20-40)42-31-27-38(2)28-32-42;4*1-7-5-3-2-4-6-7/h7-11,13-19,21-36H,12,20H2,1-6H3;3,5-6H,2,4H2,1H3;3*2-6H,1H3. The maximum absolute atomic E-state index is 2.55. The monoisotopic (exact) mass is 1140 g/mol. The van der Waals surface area contributed by atoms with Gasteiger partial charge in [-0.1, -0.05) is 286 Å². The largest absolute Gasteiger partial charge is 0.314 e. The lowest BCUT2D eigenvalue weighted by Gasteiger charge is -2.33. The molecular formula is C86H84N2. The Morgan fingerprint density at radius 3 is 1.08 bits per heavy atom. The molecule has 11 aromatic carbocycles. The van der Waals surface area contributed by atoms with Crippen LogP contribution in [0, 0.1) is 34.6 Å². The molecule has 2 nitrogen and oxygen atoms in total. The second-order valence-corrected chi connectivity index (χ2v) is 25.1. The third-order valence-corrected chi connectivity index (χ3v) is 17.7. The fraction of sp³-hybridized carbons (Fsp3) is 0.186. The van der Waals surface area contributed by atoms with Gasteiger partial charge in [0.1, 0.15) is 0 Å². The van der Waals surface area contributed by atoms with Crippen molar-refractivity contribution in [1.82, 2.24) is 0 Å². The molecule has 0 spiro atoms. The van der Waals surface area contributed by atoms with Gasteiger partial charge >= 0.3 is 0 Å². The van der Waals surface area contributed by atoms with Crippen LogP contribution in [-0.2, 0) is 10.8 Å². The molecule has 0 atom stereocenters. The molecule has 0 saturated heterocycles. The van der Waals surface area contributed by atoms with Crippen LogP contribution in [-0.4, -0.2) is 0 Å². The van der Waals surface area contributed by atoms with Gasteiger partial charge in [0.2, 0.25) is 0 Å². The van der Waals surface area contributed by atoms with Crippen LogP contribution in [0.25, 0.3) is 43.8 Å². The number of fused-ring (bicyclic) bond motifs is 11. The fourth-order valence-corrected chi connectivity index (χ4v) is 13.2. The summed E-state index contributed by atoms with van der Waals surface area (Å²) in [7, 11) is 0. The molecule has 0 bridgehead atoms. The Morgan fingerprint density at radius 1 is 0.341 bits per heavy atom. The van der Waals surface area contributed by atoms with Crippen LogP contribution in [0.3, 0.4) is 0 Å². The zero-order valence-corrected chi connectivity index (χ0v) is 53.3. The van der Waals surface area contributed by atoms with E-state index in [0.717, 1.165) is 24.2 Å². The SMILES string of the molecule is CC1=CCCC=C1.Cc1ccc(N(C2=CC=CCC2)c2cc3c(c4ccccc24)-c2ccc4c(c2C3(C)C)C(C)(C)c2cc(N(c3ccccc3)c3ccc(C)cc3)c3ccccc3c2-4)cc1.Cc1ccccc1.Cc1ccccc1.Cc1ccccc1. The number of anilines is 5. The molecule has 0 heterocycles. The smallest absolute Gasteiger partial charge is 0.0543 e. The summed E-state index contributed by atoms with van der Waals surface area (Å²) in [6.07, 6.45) is 18.0. The molecule has 4 aliphatic rings. The lowest BCUT2D eigenvalue weighted by Crippen LogP contribution is -2.25. The Kier molecular flexibility index (Phi) is 18.2. The highest BCUT2D eigenvalue weighted by Crippen LogP contribution is 2.63. The number of para-hydroxylation sites is 1. The first kappa shape index (κ1) is 60.2. The number of aryl methyl sites for hydroxylation is 5. The van der Waals surface area contributed by atoms with Gasteiger partial charge in [0, 0.05) is 44.4 Å². The lowest BCUT2D eigenvalue weighted by molar-refractivity contribution is 0.601. The first-order valence-corrected chi connectivity index (χ1v) is 31.5. The van der Waals surface area contributed by atoms with E-state index in [-0.39, 0.29) is 10.8 Å². The fourth-order valence-electron chi connectivity index (χ4n) is 13.2. The first-order valence-electron chi connectivity index (χ1n) is 31.5. The third-order valence-electron chi connectivity index (χ3n) is 17.7. The van der Waals surface area contributed by atoms with Crippen molar-refractivity contribution in [1.29, 1.82) is 0 Å². The van der Waals surface area contributed by atoms with Gasteiger partial charge in [-0.15, -0.1) is 0 Å². The minimum Gasteiger partial charge on any atom is -0.314 e. The molecular weight excluding hydrogens is 1060 g/mol. The van der Waals surface area contributed by atoms with Gasteiger partial charge in [-0.05, 0) is 177 Å². The number of nitrogens with zero attached hydrogens (tertiary/aromatic N) is 2. The van der Waals surface area contributed by atoms with Gasteiger partial charge in [0.25, 0.3) is 0 Å². The average Bonchev–Trinajstić information content (AvgIpc) is 1.52. The maximum atomic E-state index is 2.55. The van der Waals surface area contributed by atoms with E-state index in [1.54, 1.807) is 0 Å². The Hall–Kier alpha value is -9.50. The van der Waals surface area contributed by atoms with Crippen LogP contribution < -0.4 is 9.80 Å². The molecule has 2 heteroatoms. The molecule has 0 aliphatic heterocycles. The summed E-state index contributed by atoms with van der Waals surface area (Å²) in [5.74, 6) is 0. The number of hydrogen-bond donors (Lipinski definition) is 0. The van der Waals surface area contributed by atoms with Crippen molar-refractivity contribution >= 4 is 50.0 Å². The minimum atomic E-state index is -0.268. The average molecular weight is 1150 g/mol. The van der Waals surface area contributed by atoms with E-state index in [0.29, 0.717) is 0 Å². The van der Waals surface area contributed by atoms with Crippen molar-refractivity contribution in [2.75, 3.05) is 9.80 Å².